The normalized spacial score (nSPS) is 11.1. The molecular formula is C11H9BrFO4-. The molecule has 6 heteroatoms. The highest BCUT2D eigenvalue weighted by Crippen LogP contribution is 2.22. The topological polar surface area (TPSA) is 66.4 Å². The summed E-state index contributed by atoms with van der Waals surface area (Å²) in [6.45, 7) is 3.14. The van der Waals surface area contributed by atoms with Crippen LogP contribution in [-0.2, 0) is 4.79 Å². The monoisotopic (exact) mass is 303 g/mol. The van der Waals surface area contributed by atoms with Crippen molar-refractivity contribution in [3.63, 3.8) is 0 Å². The molecule has 92 valence electrons. The van der Waals surface area contributed by atoms with Crippen LogP contribution in [0.2, 0.25) is 0 Å². The second kappa shape index (κ2) is 4.83. The van der Waals surface area contributed by atoms with Gasteiger partial charge in [-0.15, -0.1) is 0 Å². The first-order valence-corrected chi connectivity index (χ1v) is 5.43. The number of benzene rings is 1. The first-order chi connectivity index (χ1) is 7.71. The summed E-state index contributed by atoms with van der Waals surface area (Å²) in [7, 11) is 0. The van der Waals surface area contributed by atoms with Gasteiger partial charge in [0.2, 0.25) is 0 Å². The highest BCUT2D eigenvalue weighted by atomic mass is 79.9. The zero-order valence-corrected chi connectivity index (χ0v) is 10.7. The van der Waals surface area contributed by atoms with Gasteiger partial charge in [-0.25, -0.2) is 4.39 Å². The van der Waals surface area contributed by atoms with Gasteiger partial charge in [-0.1, -0.05) is 15.9 Å². The van der Waals surface area contributed by atoms with Gasteiger partial charge >= 0.3 is 5.97 Å². The maximum atomic E-state index is 13.2. The summed E-state index contributed by atoms with van der Waals surface area (Å²) in [4.78, 5) is 21.9. The van der Waals surface area contributed by atoms with Crippen molar-refractivity contribution in [3.05, 3.63) is 29.6 Å². The Labute approximate surface area is 106 Å². The summed E-state index contributed by atoms with van der Waals surface area (Å²) in [6, 6.07) is 2.99. The Morgan fingerprint density at radius 1 is 1.41 bits per heavy atom. The molecule has 4 nitrogen and oxygen atoms in total. The Morgan fingerprint density at radius 2 is 2.00 bits per heavy atom. The number of hydrogen-bond acceptors (Lipinski definition) is 4. The molecule has 1 aromatic carbocycles. The standard InChI is InChI=1S/C11H10BrFO4/c1-11(2,12)10(16)17-6-3-4-7(9(14)15)8(13)5-6/h3-5H,1-2H3,(H,14,15)/p-1. The summed E-state index contributed by atoms with van der Waals surface area (Å²) < 4.78 is 17.2. The minimum absolute atomic E-state index is 0.0648. The lowest BCUT2D eigenvalue weighted by molar-refractivity contribution is -0.255. The third-order valence-corrected chi connectivity index (χ3v) is 2.18. The number of carboxylic acids is 1. The molecule has 0 aliphatic rings. The summed E-state index contributed by atoms with van der Waals surface area (Å²) in [5, 5.41) is 10.4. The Hall–Kier alpha value is -1.43. The second-order valence-corrected chi connectivity index (χ2v) is 5.77. The van der Waals surface area contributed by atoms with Gasteiger partial charge in [0.05, 0.1) is 5.97 Å². The van der Waals surface area contributed by atoms with Crippen molar-refractivity contribution in [1.82, 2.24) is 0 Å². The molecule has 0 heterocycles. The molecule has 0 aromatic heterocycles. The number of carboxylic acid groups (broad SMARTS) is 1. The maximum absolute atomic E-state index is 13.2. The van der Waals surface area contributed by atoms with Crippen LogP contribution in [0.3, 0.4) is 0 Å². The van der Waals surface area contributed by atoms with Crippen LogP contribution >= 0.6 is 15.9 Å². The fourth-order valence-corrected chi connectivity index (χ4v) is 1.03. The van der Waals surface area contributed by atoms with E-state index < -0.39 is 27.6 Å². The zero-order valence-electron chi connectivity index (χ0n) is 9.12. The van der Waals surface area contributed by atoms with Gasteiger partial charge in [0.25, 0.3) is 0 Å². The average molecular weight is 304 g/mol. The minimum Gasteiger partial charge on any atom is -0.545 e. The van der Waals surface area contributed by atoms with Gasteiger partial charge in [0.1, 0.15) is 15.9 Å². The third kappa shape index (κ3) is 3.52. The number of halogens is 2. The van der Waals surface area contributed by atoms with Crippen LogP contribution in [0, 0.1) is 5.82 Å². The Bertz CT molecular complexity index is 465. The lowest BCUT2D eigenvalue weighted by Crippen LogP contribution is -2.29. The molecule has 0 fully saturated rings. The average Bonchev–Trinajstić information content (AvgIpc) is 2.15. The molecule has 0 spiro atoms. The molecule has 0 atom stereocenters. The fraction of sp³-hybridized carbons (Fsp3) is 0.273. The van der Waals surface area contributed by atoms with Gasteiger partial charge in [0.15, 0.2) is 0 Å². The van der Waals surface area contributed by atoms with Crippen molar-refractivity contribution in [2.24, 2.45) is 0 Å². The van der Waals surface area contributed by atoms with E-state index in [1.54, 1.807) is 13.8 Å². The first-order valence-electron chi connectivity index (χ1n) is 4.64. The molecule has 0 radical (unpaired) electrons. The lowest BCUT2D eigenvalue weighted by Gasteiger charge is -2.15. The number of aromatic carboxylic acids is 1. The summed E-state index contributed by atoms with van der Waals surface area (Å²) in [5.41, 5.74) is -0.581. The van der Waals surface area contributed by atoms with Crippen LogP contribution < -0.4 is 9.84 Å². The highest BCUT2D eigenvalue weighted by Gasteiger charge is 2.26. The molecule has 0 bridgehead atoms. The van der Waals surface area contributed by atoms with Crippen LogP contribution in [0.15, 0.2) is 18.2 Å². The van der Waals surface area contributed by atoms with Gasteiger partial charge in [-0.05, 0) is 26.0 Å². The third-order valence-electron chi connectivity index (χ3n) is 1.86. The van der Waals surface area contributed by atoms with Crippen molar-refractivity contribution in [2.75, 3.05) is 0 Å². The van der Waals surface area contributed by atoms with Crippen LogP contribution in [-0.4, -0.2) is 16.3 Å². The van der Waals surface area contributed by atoms with Gasteiger partial charge in [-0.3, -0.25) is 4.79 Å². The number of carbonyl (C=O) groups excluding carboxylic acids is 2. The number of hydrogen-bond donors (Lipinski definition) is 0. The van der Waals surface area contributed by atoms with E-state index in [9.17, 15) is 19.1 Å². The van der Waals surface area contributed by atoms with Crippen molar-refractivity contribution in [3.8, 4) is 5.75 Å². The Morgan fingerprint density at radius 3 is 2.41 bits per heavy atom. The van der Waals surface area contributed by atoms with E-state index in [4.69, 9.17) is 4.74 Å². The minimum atomic E-state index is -1.62. The number of carbonyl (C=O) groups is 2. The maximum Gasteiger partial charge on any atom is 0.327 e. The quantitative estimate of drug-likeness (QED) is 0.479. The molecule has 1 aromatic rings. The van der Waals surface area contributed by atoms with E-state index in [1.165, 1.54) is 6.07 Å². The van der Waals surface area contributed by atoms with E-state index >= 15 is 0 Å². The zero-order chi connectivity index (χ0) is 13.2. The molecule has 0 amide bonds. The second-order valence-electron chi connectivity index (χ2n) is 3.79. The molecular weight excluding hydrogens is 295 g/mol. The molecule has 0 N–H and O–H groups in total. The number of esters is 1. The number of ether oxygens (including phenoxy) is 1. The van der Waals surface area contributed by atoms with Crippen molar-refractivity contribution in [2.45, 2.75) is 18.2 Å². The highest BCUT2D eigenvalue weighted by molar-refractivity contribution is 9.10. The largest absolute Gasteiger partial charge is 0.545 e. The van der Waals surface area contributed by atoms with E-state index in [1.807, 2.05) is 0 Å². The molecule has 1 rings (SSSR count). The van der Waals surface area contributed by atoms with Gasteiger partial charge in [0, 0.05) is 11.6 Å². The van der Waals surface area contributed by atoms with E-state index in [2.05, 4.69) is 15.9 Å². The SMILES string of the molecule is CC(C)(Br)C(=O)Oc1ccc(C(=O)[O-])c(F)c1. The Balaban J connectivity index is 2.92. The summed E-state index contributed by atoms with van der Waals surface area (Å²) in [6.07, 6.45) is 0. The molecule has 0 saturated carbocycles. The lowest BCUT2D eigenvalue weighted by atomic mass is 10.2. The van der Waals surface area contributed by atoms with Crippen molar-refractivity contribution >= 4 is 27.9 Å². The van der Waals surface area contributed by atoms with Crippen LogP contribution in [0.4, 0.5) is 4.39 Å². The van der Waals surface area contributed by atoms with Gasteiger partial charge in [-0.2, -0.15) is 0 Å². The molecule has 0 unspecified atom stereocenters. The molecule has 0 aliphatic carbocycles. The first kappa shape index (κ1) is 13.6. The fourth-order valence-electron chi connectivity index (χ4n) is 0.953. The predicted octanol–water partition coefficient (Wildman–Crippen LogP) is 1.27. The van der Waals surface area contributed by atoms with Gasteiger partial charge < -0.3 is 14.6 Å². The van der Waals surface area contributed by atoms with Crippen molar-refractivity contribution in [1.29, 1.82) is 0 Å². The number of rotatable bonds is 3. The van der Waals surface area contributed by atoms with E-state index in [0.29, 0.717) is 0 Å². The molecule has 0 aliphatic heterocycles. The summed E-state index contributed by atoms with van der Waals surface area (Å²) in [5.74, 6) is -3.31. The number of alkyl halides is 1. The molecule has 0 saturated heterocycles. The van der Waals surface area contributed by atoms with E-state index in [-0.39, 0.29) is 5.75 Å². The predicted molar refractivity (Wildman–Crippen MR) is 59.4 cm³/mol. The van der Waals surface area contributed by atoms with E-state index in [0.717, 1.165) is 12.1 Å². The molecule has 17 heavy (non-hydrogen) atoms. The van der Waals surface area contributed by atoms with Crippen LogP contribution in [0.25, 0.3) is 0 Å². The van der Waals surface area contributed by atoms with Crippen LogP contribution in [0.1, 0.15) is 24.2 Å². The Kier molecular flexibility index (Phi) is 3.87. The van der Waals surface area contributed by atoms with Crippen molar-refractivity contribution < 1.29 is 23.8 Å². The van der Waals surface area contributed by atoms with Crippen LogP contribution in [0.5, 0.6) is 5.75 Å². The summed E-state index contributed by atoms with van der Waals surface area (Å²) >= 11 is 3.09. The smallest absolute Gasteiger partial charge is 0.327 e.